The largest absolute Gasteiger partial charge is 0.481 e. The van der Waals surface area contributed by atoms with E-state index in [0.717, 1.165) is 11.1 Å². The molecule has 0 atom stereocenters. The quantitative estimate of drug-likeness (QED) is 0.669. The van der Waals surface area contributed by atoms with Crippen LogP contribution in [0.15, 0.2) is 24.3 Å². The van der Waals surface area contributed by atoms with E-state index in [1.165, 1.54) is 0 Å². The Morgan fingerprint density at radius 2 is 1.75 bits per heavy atom. The molecule has 0 heterocycles. The van der Waals surface area contributed by atoms with Crippen LogP contribution in [0.4, 0.5) is 0 Å². The van der Waals surface area contributed by atoms with E-state index >= 15 is 0 Å². The van der Waals surface area contributed by atoms with E-state index in [9.17, 15) is 4.79 Å². The molecule has 0 aliphatic heterocycles. The molecule has 0 aliphatic carbocycles. The highest BCUT2D eigenvalue weighted by molar-refractivity contribution is 6.08. The highest BCUT2D eigenvalue weighted by atomic mass is 16.4. The number of benzene rings is 1. The smallest absolute Gasteiger partial charge is 0.307 e. The average molecular weight is 160 g/mol. The second-order valence-corrected chi connectivity index (χ2v) is 2.59. The fraction of sp³-hybridized carbons (Fsp3) is 0.222. The van der Waals surface area contributed by atoms with Gasteiger partial charge in [-0.2, -0.15) is 0 Å². The summed E-state index contributed by atoms with van der Waals surface area (Å²) in [4.78, 5) is 10.3. The summed E-state index contributed by atoms with van der Waals surface area (Å²) in [6, 6.07) is 7.27. The molecule has 0 fully saturated rings. The normalized spacial score (nSPS) is 9.67. The molecular formula is C9H9BO2. The molecule has 0 spiro atoms. The summed E-state index contributed by atoms with van der Waals surface area (Å²) in [7, 11) is 5.38. The topological polar surface area (TPSA) is 37.3 Å². The lowest BCUT2D eigenvalue weighted by Crippen LogP contribution is -1.99. The maximum Gasteiger partial charge on any atom is 0.307 e. The molecule has 3 heteroatoms. The minimum atomic E-state index is -0.810. The summed E-state index contributed by atoms with van der Waals surface area (Å²) in [5.74, 6) is -0.810. The van der Waals surface area contributed by atoms with Crippen molar-refractivity contribution < 1.29 is 9.90 Å². The molecule has 0 aromatic heterocycles. The molecule has 0 aliphatic rings. The number of aliphatic carboxylic acids is 1. The first-order valence-corrected chi connectivity index (χ1v) is 3.72. The highest BCUT2D eigenvalue weighted by Crippen LogP contribution is 2.04. The first-order chi connectivity index (χ1) is 5.72. The molecule has 60 valence electrons. The second-order valence-electron chi connectivity index (χ2n) is 2.59. The first-order valence-electron chi connectivity index (χ1n) is 3.72. The van der Waals surface area contributed by atoms with Gasteiger partial charge < -0.3 is 5.11 Å². The van der Waals surface area contributed by atoms with Crippen molar-refractivity contribution in [2.24, 2.45) is 0 Å². The van der Waals surface area contributed by atoms with Gasteiger partial charge in [-0.1, -0.05) is 36.1 Å². The lowest BCUT2D eigenvalue weighted by Gasteiger charge is -1.98. The van der Waals surface area contributed by atoms with Crippen molar-refractivity contribution in [1.82, 2.24) is 0 Å². The Bertz CT molecular complexity index is 266. The van der Waals surface area contributed by atoms with E-state index in [2.05, 4.69) is 0 Å². The third kappa shape index (κ3) is 2.42. The van der Waals surface area contributed by atoms with Crippen molar-refractivity contribution in [3.05, 3.63) is 35.4 Å². The van der Waals surface area contributed by atoms with Crippen LogP contribution >= 0.6 is 0 Å². The number of carboxylic acids is 1. The number of hydrogen-bond acceptors (Lipinski definition) is 1. The third-order valence-corrected chi connectivity index (χ3v) is 1.61. The van der Waals surface area contributed by atoms with Crippen LogP contribution in [0.25, 0.3) is 0 Å². The van der Waals surface area contributed by atoms with E-state index in [-0.39, 0.29) is 6.42 Å². The number of rotatable bonds is 3. The van der Waals surface area contributed by atoms with Gasteiger partial charge in [0.1, 0.15) is 0 Å². The minimum absolute atomic E-state index is 0.0743. The van der Waals surface area contributed by atoms with Crippen LogP contribution in [0.1, 0.15) is 11.1 Å². The van der Waals surface area contributed by atoms with Gasteiger partial charge in [-0.3, -0.25) is 4.79 Å². The lowest BCUT2D eigenvalue weighted by atomic mass is 9.96. The van der Waals surface area contributed by atoms with E-state index in [1.807, 2.05) is 12.1 Å². The van der Waals surface area contributed by atoms with Crippen molar-refractivity contribution in [3.8, 4) is 0 Å². The molecule has 0 unspecified atom stereocenters. The monoisotopic (exact) mass is 160 g/mol. The van der Waals surface area contributed by atoms with Gasteiger partial charge in [-0.15, -0.1) is 0 Å². The fourth-order valence-electron chi connectivity index (χ4n) is 0.968. The minimum Gasteiger partial charge on any atom is -0.481 e. The fourth-order valence-corrected chi connectivity index (χ4v) is 0.968. The molecule has 2 radical (unpaired) electrons. The molecule has 1 rings (SSSR count). The predicted octanol–water partition coefficient (Wildman–Crippen LogP) is 0.982. The Hall–Kier alpha value is -1.25. The van der Waals surface area contributed by atoms with E-state index in [0.29, 0.717) is 6.32 Å². The number of hydrogen-bond donors (Lipinski definition) is 1. The Balaban J connectivity index is 2.71. The van der Waals surface area contributed by atoms with Gasteiger partial charge >= 0.3 is 5.97 Å². The van der Waals surface area contributed by atoms with Crippen molar-refractivity contribution in [3.63, 3.8) is 0 Å². The summed E-state index contributed by atoms with van der Waals surface area (Å²) in [5, 5.41) is 8.47. The molecule has 0 saturated heterocycles. The molecule has 0 saturated carbocycles. The van der Waals surface area contributed by atoms with Crippen molar-refractivity contribution in [2.75, 3.05) is 0 Å². The second kappa shape index (κ2) is 3.95. The van der Waals surface area contributed by atoms with E-state index in [1.54, 1.807) is 12.1 Å². The zero-order valence-electron chi connectivity index (χ0n) is 6.66. The maximum atomic E-state index is 10.3. The van der Waals surface area contributed by atoms with Gasteiger partial charge in [-0.05, 0) is 5.56 Å². The van der Waals surface area contributed by atoms with Gasteiger partial charge in [0.15, 0.2) is 0 Å². The zero-order chi connectivity index (χ0) is 8.97. The van der Waals surface area contributed by atoms with Crippen LogP contribution in [-0.4, -0.2) is 18.9 Å². The van der Waals surface area contributed by atoms with Crippen LogP contribution < -0.4 is 0 Å². The van der Waals surface area contributed by atoms with Crippen LogP contribution in [-0.2, 0) is 17.5 Å². The van der Waals surface area contributed by atoms with Gasteiger partial charge in [-0.25, -0.2) is 0 Å². The average Bonchev–Trinajstić information content (AvgIpc) is 2.05. The zero-order valence-corrected chi connectivity index (χ0v) is 6.66. The van der Waals surface area contributed by atoms with Gasteiger partial charge in [0, 0.05) is 0 Å². The third-order valence-electron chi connectivity index (χ3n) is 1.61. The predicted molar refractivity (Wildman–Crippen MR) is 47.2 cm³/mol. The molecular weight excluding hydrogens is 151 g/mol. The summed E-state index contributed by atoms with van der Waals surface area (Å²) >= 11 is 0. The maximum absolute atomic E-state index is 10.3. The van der Waals surface area contributed by atoms with Crippen LogP contribution in [0.5, 0.6) is 0 Å². The first kappa shape index (κ1) is 8.85. The standard InChI is InChI=1S/C9H9BO2/c10-6-8-3-1-7(2-4-8)5-9(11)12/h1-4H,5-6H2,(H,11,12). The van der Waals surface area contributed by atoms with Gasteiger partial charge in [0.2, 0.25) is 0 Å². The molecule has 0 amide bonds. The van der Waals surface area contributed by atoms with E-state index < -0.39 is 5.97 Å². The van der Waals surface area contributed by atoms with E-state index in [4.69, 9.17) is 13.0 Å². The Kier molecular flexibility index (Phi) is 2.91. The Morgan fingerprint density at radius 1 is 1.25 bits per heavy atom. The Morgan fingerprint density at radius 3 is 2.17 bits per heavy atom. The van der Waals surface area contributed by atoms with Crippen molar-refractivity contribution in [1.29, 1.82) is 0 Å². The highest BCUT2D eigenvalue weighted by Gasteiger charge is 1.98. The summed E-state index contributed by atoms with van der Waals surface area (Å²) in [5.41, 5.74) is 1.82. The number of carboxylic acid groups (broad SMARTS) is 1. The summed E-state index contributed by atoms with van der Waals surface area (Å²) < 4.78 is 0. The molecule has 12 heavy (non-hydrogen) atoms. The lowest BCUT2D eigenvalue weighted by molar-refractivity contribution is -0.136. The molecule has 1 aromatic rings. The number of carbonyl (C=O) groups is 1. The Labute approximate surface area is 72.6 Å². The summed E-state index contributed by atoms with van der Waals surface area (Å²) in [6.45, 7) is 0. The summed E-state index contributed by atoms with van der Waals surface area (Å²) in [6.07, 6.45) is 0.568. The van der Waals surface area contributed by atoms with Gasteiger partial charge in [0.25, 0.3) is 0 Å². The van der Waals surface area contributed by atoms with Crippen LogP contribution in [0.3, 0.4) is 0 Å². The van der Waals surface area contributed by atoms with Crippen molar-refractivity contribution >= 4 is 13.8 Å². The van der Waals surface area contributed by atoms with Crippen molar-refractivity contribution in [2.45, 2.75) is 12.7 Å². The molecule has 2 nitrogen and oxygen atoms in total. The van der Waals surface area contributed by atoms with Crippen LogP contribution in [0, 0.1) is 0 Å². The van der Waals surface area contributed by atoms with Gasteiger partial charge in [0.05, 0.1) is 14.3 Å². The van der Waals surface area contributed by atoms with Crippen LogP contribution in [0.2, 0.25) is 0 Å². The molecule has 1 aromatic carbocycles. The SMILES string of the molecule is [B]Cc1ccc(CC(=O)O)cc1. The molecule has 1 N–H and O–H groups in total. The molecule has 0 bridgehead atoms.